The average molecular weight is 282 g/mol. The van der Waals surface area contributed by atoms with Crippen LogP contribution in [0, 0.1) is 19.3 Å². The van der Waals surface area contributed by atoms with Crippen LogP contribution in [0.3, 0.4) is 0 Å². The molecule has 0 aliphatic heterocycles. The van der Waals surface area contributed by atoms with E-state index in [-0.39, 0.29) is 11.3 Å². The van der Waals surface area contributed by atoms with Gasteiger partial charge in [0, 0.05) is 18.0 Å². The van der Waals surface area contributed by atoms with Crippen LogP contribution in [0.4, 0.5) is 0 Å². The molecule has 0 aliphatic carbocycles. The van der Waals surface area contributed by atoms with E-state index in [0.717, 1.165) is 17.8 Å². The van der Waals surface area contributed by atoms with Crippen molar-refractivity contribution < 1.29 is 4.79 Å². The van der Waals surface area contributed by atoms with Crippen LogP contribution in [0.1, 0.15) is 47.3 Å². The van der Waals surface area contributed by atoms with Crippen molar-refractivity contribution in [2.24, 2.45) is 11.1 Å². The molecule has 1 aromatic heterocycles. The van der Waals surface area contributed by atoms with Gasteiger partial charge in [-0.25, -0.2) is 0 Å². The summed E-state index contributed by atoms with van der Waals surface area (Å²) in [6, 6.07) is 2.00. The van der Waals surface area contributed by atoms with Gasteiger partial charge in [0.05, 0.1) is 4.88 Å². The van der Waals surface area contributed by atoms with Gasteiger partial charge in [-0.2, -0.15) is 0 Å². The molecule has 2 N–H and O–H groups in total. The third-order valence-electron chi connectivity index (χ3n) is 3.33. The van der Waals surface area contributed by atoms with E-state index in [1.165, 1.54) is 10.4 Å². The Balaban J connectivity index is 2.89. The Hall–Kier alpha value is -0.870. The summed E-state index contributed by atoms with van der Waals surface area (Å²) in [5.41, 5.74) is 6.94. The maximum Gasteiger partial charge on any atom is 0.263 e. The second-order valence-corrected chi connectivity index (χ2v) is 7.20. The lowest BCUT2D eigenvalue weighted by molar-refractivity contribution is 0.0694. The highest BCUT2D eigenvalue weighted by Crippen LogP contribution is 2.24. The molecule has 0 radical (unpaired) electrons. The first-order valence-electron chi connectivity index (χ1n) is 6.87. The van der Waals surface area contributed by atoms with Crippen molar-refractivity contribution in [3.8, 4) is 0 Å². The highest BCUT2D eigenvalue weighted by Gasteiger charge is 2.25. The fourth-order valence-electron chi connectivity index (χ4n) is 1.94. The number of amides is 1. The van der Waals surface area contributed by atoms with E-state index >= 15 is 0 Å². The third kappa shape index (κ3) is 4.32. The highest BCUT2D eigenvalue weighted by atomic mass is 32.1. The fourth-order valence-corrected chi connectivity index (χ4v) is 2.94. The van der Waals surface area contributed by atoms with Crippen molar-refractivity contribution in [2.45, 2.75) is 41.0 Å². The summed E-state index contributed by atoms with van der Waals surface area (Å²) in [6.45, 7) is 12.5. The fraction of sp³-hybridized carbons (Fsp3) is 0.667. The van der Waals surface area contributed by atoms with Gasteiger partial charge >= 0.3 is 0 Å². The molecule has 3 nitrogen and oxygen atoms in total. The summed E-state index contributed by atoms with van der Waals surface area (Å²) >= 11 is 1.59. The minimum Gasteiger partial charge on any atom is -0.337 e. The molecule has 4 heteroatoms. The van der Waals surface area contributed by atoms with E-state index in [1.54, 1.807) is 11.3 Å². The molecule has 0 fully saturated rings. The number of nitrogens with zero attached hydrogens (tertiary/aromatic N) is 1. The van der Waals surface area contributed by atoms with Gasteiger partial charge in [-0.05, 0) is 43.9 Å². The van der Waals surface area contributed by atoms with Crippen molar-refractivity contribution in [3.63, 3.8) is 0 Å². The first-order chi connectivity index (χ1) is 8.80. The Kier molecular flexibility index (Phi) is 5.56. The van der Waals surface area contributed by atoms with Gasteiger partial charge in [-0.1, -0.05) is 20.8 Å². The van der Waals surface area contributed by atoms with Crippen LogP contribution in [0.15, 0.2) is 6.07 Å². The van der Waals surface area contributed by atoms with Gasteiger partial charge in [0.1, 0.15) is 0 Å². The lowest BCUT2D eigenvalue weighted by Crippen LogP contribution is -2.42. The van der Waals surface area contributed by atoms with Crippen LogP contribution in [-0.2, 0) is 0 Å². The number of aryl methyl sites for hydroxylation is 2. The Labute approximate surface area is 120 Å². The zero-order chi connectivity index (χ0) is 14.6. The van der Waals surface area contributed by atoms with E-state index in [0.29, 0.717) is 13.1 Å². The Bertz CT molecular complexity index is 418. The second-order valence-electron chi connectivity index (χ2n) is 5.94. The number of carbonyl (C=O) groups excluding carboxylic acids is 1. The molecule has 0 atom stereocenters. The molecule has 19 heavy (non-hydrogen) atoms. The number of hydrogen-bond acceptors (Lipinski definition) is 3. The van der Waals surface area contributed by atoms with Crippen LogP contribution in [-0.4, -0.2) is 30.4 Å². The van der Waals surface area contributed by atoms with Crippen molar-refractivity contribution in [1.82, 2.24) is 4.90 Å². The number of nitrogens with two attached hydrogens (primary N) is 1. The van der Waals surface area contributed by atoms with Crippen molar-refractivity contribution in [1.29, 1.82) is 0 Å². The zero-order valence-corrected chi connectivity index (χ0v) is 13.6. The molecule has 0 aliphatic rings. The van der Waals surface area contributed by atoms with Gasteiger partial charge in [-0.15, -0.1) is 11.3 Å². The van der Waals surface area contributed by atoms with Crippen molar-refractivity contribution >= 4 is 17.2 Å². The predicted octanol–water partition coefficient (Wildman–Crippen LogP) is 3.20. The Morgan fingerprint density at radius 2 is 2.05 bits per heavy atom. The molecular weight excluding hydrogens is 256 g/mol. The first kappa shape index (κ1) is 16.2. The molecule has 1 amide bonds. The number of carbonyl (C=O) groups is 1. The maximum atomic E-state index is 12.6. The normalized spacial score (nSPS) is 11.7. The largest absolute Gasteiger partial charge is 0.337 e. The third-order valence-corrected chi connectivity index (χ3v) is 4.47. The molecule has 0 spiro atoms. The molecule has 0 unspecified atom stereocenters. The molecule has 1 aromatic rings. The molecule has 0 aromatic carbocycles. The topological polar surface area (TPSA) is 46.3 Å². The Morgan fingerprint density at radius 3 is 2.47 bits per heavy atom. The monoisotopic (exact) mass is 282 g/mol. The van der Waals surface area contributed by atoms with Crippen LogP contribution < -0.4 is 5.73 Å². The van der Waals surface area contributed by atoms with Gasteiger partial charge in [-0.3, -0.25) is 4.79 Å². The molecule has 0 saturated carbocycles. The minimum atomic E-state index is -0.0355. The van der Waals surface area contributed by atoms with Gasteiger partial charge < -0.3 is 10.6 Å². The van der Waals surface area contributed by atoms with Crippen LogP contribution >= 0.6 is 11.3 Å². The van der Waals surface area contributed by atoms with Crippen LogP contribution in [0.25, 0.3) is 0 Å². The molecule has 108 valence electrons. The van der Waals surface area contributed by atoms with Crippen LogP contribution in [0.5, 0.6) is 0 Å². The zero-order valence-electron chi connectivity index (χ0n) is 12.7. The SMILES string of the molecule is CCCN(CC(C)(C)CN)C(=O)c1cc(C)c(C)s1. The number of rotatable bonds is 6. The summed E-state index contributed by atoms with van der Waals surface area (Å²) in [4.78, 5) is 16.6. The summed E-state index contributed by atoms with van der Waals surface area (Å²) in [7, 11) is 0. The maximum absolute atomic E-state index is 12.6. The molecule has 1 rings (SSSR count). The molecule has 1 heterocycles. The smallest absolute Gasteiger partial charge is 0.263 e. The number of thiophene rings is 1. The van der Waals surface area contributed by atoms with Gasteiger partial charge in [0.15, 0.2) is 0 Å². The van der Waals surface area contributed by atoms with E-state index < -0.39 is 0 Å². The van der Waals surface area contributed by atoms with Crippen molar-refractivity contribution in [2.75, 3.05) is 19.6 Å². The molecule has 0 saturated heterocycles. The summed E-state index contributed by atoms with van der Waals surface area (Å²) in [5, 5.41) is 0. The summed E-state index contributed by atoms with van der Waals surface area (Å²) in [6.07, 6.45) is 0.968. The highest BCUT2D eigenvalue weighted by molar-refractivity contribution is 7.14. The quantitative estimate of drug-likeness (QED) is 0.871. The standard InChI is InChI=1S/C15H26N2OS/c1-6-7-17(10-15(4,5)9-16)14(18)13-8-11(2)12(3)19-13/h8H,6-7,9-10,16H2,1-5H3. The average Bonchev–Trinajstić information content (AvgIpc) is 2.68. The van der Waals surface area contributed by atoms with Gasteiger partial charge in [0.25, 0.3) is 5.91 Å². The second kappa shape index (κ2) is 6.53. The minimum absolute atomic E-state index is 0.0355. The Morgan fingerprint density at radius 1 is 1.42 bits per heavy atom. The first-order valence-corrected chi connectivity index (χ1v) is 7.68. The van der Waals surface area contributed by atoms with Crippen molar-refractivity contribution in [3.05, 3.63) is 21.4 Å². The van der Waals surface area contributed by atoms with E-state index in [2.05, 4.69) is 34.6 Å². The summed E-state index contributed by atoms with van der Waals surface area (Å²) < 4.78 is 0. The van der Waals surface area contributed by atoms with Crippen LogP contribution in [0.2, 0.25) is 0 Å². The predicted molar refractivity (Wildman–Crippen MR) is 82.8 cm³/mol. The summed E-state index contributed by atoms with van der Waals surface area (Å²) in [5.74, 6) is 0.143. The van der Waals surface area contributed by atoms with E-state index in [9.17, 15) is 4.79 Å². The molecular formula is C15H26N2OS. The molecule has 0 bridgehead atoms. The lowest BCUT2D eigenvalue weighted by Gasteiger charge is -2.31. The lowest BCUT2D eigenvalue weighted by atomic mass is 9.93. The van der Waals surface area contributed by atoms with Gasteiger partial charge in [0.2, 0.25) is 0 Å². The van der Waals surface area contributed by atoms with E-state index in [4.69, 9.17) is 5.73 Å². The number of hydrogen-bond donors (Lipinski definition) is 1. The van der Waals surface area contributed by atoms with E-state index in [1.807, 2.05) is 11.0 Å².